The predicted octanol–water partition coefficient (Wildman–Crippen LogP) is 2.99. The van der Waals surface area contributed by atoms with Gasteiger partial charge in [0.15, 0.2) is 11.5 Å². The Morgan fingerprint density at radius 3 is 2.64 bits per heavy atom. The summed E-state index contributed by atoms with van der Waals surface area (Å²) in [5.74, 6) is 1.93. The van der Waals surface area contributed by atoms with Crippen LogP contribution in [0.5, 0.6) is 17.2 Å². The molecule has 0 radical (unpaired) electrons. The molecule has 150 valence electrons. The smallest absolute Gasteiger partial charge is 0.243 e. The Balaban J connectivity index is 1.37. The van der Waals surface area contributed by atoms with Gasteiger partial charge in [0.2, 0.25) is 10.0 Å². The molecule has 3 heterocycles. The number of piperidine rings is 1. The number of hydrogen-bond acceptors (Lipinski definition) is 6. The summed E-state index contributed by atoms with van der Waals surface area (Å²) in [7, 11) is -3.57. The predicted molar refractivity (Wildman–Crippen MR) is 104 cm³/mol. The van der Waals surface area contributed by atoms with E-state index in [0.717, 1.165) is 12.8 Å². The fourth-order valence-electron chi connectivity index (χ4n) is 3.34. The third-order valence-electron chi connectivity index (χ3n) is 4.93. The van der Waals surface area contributed by atoms with E-state index < -0.39 is 10.0 Å². The van der Waals surface area contributed by atoms with Crippen LogP contribution in [0.4, 0.5) is 0 Å². The first-order chi connectivity index (χ1) is 13.5. The molecule has 0 unspecified atom stereocenters. The number of rotatable bonds is 5. The Bertz CT molecular complexity index is 945. The average molecular weight is 425 g/mol. The summed E-state index contributed by atoms with van der Waals surface area (Å²) in [6.07, 6.45) is 4.63. The highest BCUT2D eigenvalue weighted by Gasteiger charge is 2.30. The maximum absolute atomic E-state index is 13.0. The van der Waals surface area contributed by atoms with Gasteiger partial charge in [0.1, 0.15) is 24.0 Å². The maximum atomic E-state index is 13.0. The van der Waals surface area contributed by atoms with Crippen LogP contribution in [-0.4, -0.2) is 50.6 Å². The van der Waals surface area contributed by atoms with Crippen molar-refractivity contribution in [3.8, 4) is 17.2 Å². The van der Waals surface area contributed by atoms with Crippen LogP contribution in [0.2, 0.25) is 5.02 Å². The van der Waals surface area contributed by atoms with Crippen LogP contribution in [-0.2, 0) is 10.0 Å². The van der Waals surface area contributed by atoms with Crippen LogP contribution >= 0.6 is 11.6 Å². The van der Waals surface area contributed by atoms with E-state index in [1.165, 1.54) is 4.31 Å². The number of ether oxygens (including phenoxy) is 3. The Morgan fingerprint density at radius 1 is 1.14 bits per heavy atom. The molecule has 1 aromatic heterocycles. The summed E-state index contributed by atoms with van der Waals surface area (Å²) in [6, 6.07) is 6.50. The highest BCUT2D eigenvalue weighted by Crippen LogP contribution is 2.34. The van der Waals surface area contributed by atoms with Crippen LogP contribution in [0.15, 0.2) is 41.6 Å². The van der Waals surface area contributed by atoms with Crippen molar-refractivity contribution >= 4 is 21.6 Å². The van der Waals surface area contributed by atoms with E-state index in [9.17, 15) is 8.42 Å². The second-order valence-electron chi connectivity index (χ2n) is 6.77. The lowest BCUT2D eigenvalue weighted by Gasteiger charge is -2.31. The maximum Gasteiger partial charge on any atom is 0.243 e. The first-order valence-electron chi connectivity index (χ1n) is 9.16. The van der Waals surface area contributed by atoms with E-state index in [1.807, 2.05) is 0 Å². The molecule has 0 aliphatic carbocycles. The fraction of sp³-hybridized carbons (Fsp3) is 0.421. The van der Waals surface area contributed by atoms with Crippen LogP contribution in [0.3, 0.4) is 0 Å². The molecule has 2 aromatic rings. The van der Waals surface area contributed by atoms with Crippen molar-refractivity contribution in [2.75, 3.05) is 32.9 Å². The van der Waals surface area contributed by atoms with Gasteiger partial charge in [-0.2, -0.15) is 4.31 Å². The average Bonchev–Trinajstić information content (AvgIpc) is 2.73. The van der Waals surface area contributed by atoms with Gasteiger partial charge in [-0.1, -0.05) is 11.6 Å². The van der Waals surface area contributed by atoms with Crippen molar-refractivity contribution in [3.05, 3.63) is 41.7 Å². The lowest BCUT2D eigenvalue weighted by Crippen LogP contribution is -2.39. The van der Waals surface area contributed by atoms with E-state index in [0.29, 0.717) is 55.2 Å². The molecule has 9 heteroatoms. The van der Waals surface area contributed by atoms with Gasteiger partial charge in [-0.15, -0.1) is 0 Å². The van der Waals surface area contributed by atoms with Crippen LogP contribution in [0, 0.1) is 5.92 Å². The number of hydrogen-bond donors (Lipinski definition) is 0. The molecule has 0 saturated carbocycles. The molecule has 0 atom stereocenters. The zero-order chi connectivity index (χ0) is 19.6. The van der Waals surface area contributed by atoms with Crippen LogP contribution in [0.25, 0.3) is 0 Å². The molecule has 1 aromatic carbocycles. The number of benzene rings is 1. The van der Waals surface area contributed by atoms with Crippen molar-refractivity contribution in [1.82, 2.24) is 9.29 Å². The second-order valence-corrected chi connectivity index (χ2v) is 9.12. The van der Waals surface area contributed by atoms with Gasteiger partial charge in [0, 0.05) is 37.6 Å². The summed E-state index contributed by atoms with van der Waals surface area (Å²) in [4.78, 5) is 4.16. The van der Waals surface area contributed by atoms with E-state index in [2.05, 4.69) is 4.98 Å². The van der Waals surface area contributed by atoms with Gasteiger partial charge in [-0.05, 0) is 30.9 Å². The van der Waals surface area contributed by atoms with Crippen molar-refractivity contribution in [1.29, 1.82) is 0 Å². The third kappa shape index (κ3) is 4.04. The summed E-state index contributed by atoms with van der Waals surface area (Å²) in [6.45, 7) is 2.30. The number of pyridine rings is 1. The Labute approximate surface area is 169 Å². The zero-order valence-electron chi connectivity index (χ0n) is 15.2. The van der Waals surface area contributed by atoms with Crippen LogP contribution in [0.1, 0.15) is 12.8 Å². The molecule has 0 spiro atoms. The van der Waals surface area contributed by atoms with E-state index in [1.54, 1.807) is 36.7 Å². The van der Waals surface area contributed by atoms with E-state index in [-0.39, 0.29) is 10.8 Å². The fourth-order valence-corrected chi connectivity index (χ4v) is 5.00. The summed E-state index contributed by atoms with van der Waals surface area (Å²) in [5, 5.41) is 0.473. The quantitative estimate of drug-likeness (QED) is 0.734. The molecular formula is C19H21ClN2O5S. The molecular weight excluding hydrogens is 404 g/mol. The topological polar surface area (TPSA) is 78.0 Å². The first-order valence-corrected chi connectivity index (χ1v) is 11.0. The van der Waals surface area contributed by atoms with Gasteiger partial charge in [-0.25, -0.2) is 8.42 Å². The lowest BCUT2D eigenvalue weighted by molar-refractivity contribution is 0.171. The minimum atomic E-state index is -3.57. The van der Waals surface area contributed by atoms with Gasteiger partial charge in [0.05, 0.1) is 11.5 Å². The normalized spacial score (nSPS) is 18.0. The van der Waals surface area contributed by atoms with E-state index >= 15 is 0 Å². The van der Waals surface area contributed by atoms with Crippen molar-refractivity contribution in [3.63, 3.8) is 0 Å². The monoisotopic (exact) mass is 424 g/mol. The van der Waals surface area contributed by atoms with Gasteiger partial charge in [0.25, 0.3) is 0 Å². The largest absolute Gasteiger partial charge is 0.492 e. The molecule has 1 fully saturated rings. The minimum absolute atomic E-state index is 0.231. The highest BCUT2D eigenvalue weighted by atomic mass is 35.5. The standard InChI is InChI=1S/C19H21ClN2O5S/c20-16-12-21-6-3-17(16)27-13-14-4-7-22(8-5-14)28(23,24)15-1-2-18-19(11-15)26-10-9-25-18/h1-3,6,11-12,14H,4-5,7-10,13H2. The third-order valence-corrected chi connectivity index (χ3v) is 7.11. The molecule has 28 heavy (non-hydrogen) atoms. The SMILES string of the molecule is O=S(=O)(c1ccc2c(c1)OCCO2)N1CCC(COc2ccncc2Cl)CC1. The number of halogens is 1. The molecule has 7 nitrogen and oxygen atoms in total. The number of fused-ring (bicyclic) bond motifs is 1. The number of sulfonamides is 1. The molecule has 0 amide bonds. The first kappa shape index (κ1) is 19.3. The zero-order valence-corrected chi connectivity index (χ0v) is 16.8. The molecule has 2 aliphatic heterocycles. The molecule has 4 rings (SSSR count). The molecule has 0 bridgehead atoms. The highest BCUT2D eigenvalue weighted by molar-refractivity contribution is 7.89. The van der Waals surface area contributed by atoms with E-state index in [4.69, 9.17) is 25.8 Å². The Morgan fingerprint density at radius 2 is 1.89 bits per heavy atom. The minimum Gasteiger partial charge on any atom is -0.492 e. The summed E-state index contributed by atoms with van der Waals surface area (Å²) < 4.78 is 44.2. The van der Waals surface area contributed by atoms with Crippen molar-refractivity contribution < 1.29 is 22.6 Å². The summed E-state index contributed by atoms with van der Waals surface area (Å²) >= 11 is 6.05. The van der Waals surface area contributed by atoms with Gasteiger partial charge >= 0.3 is 0 Å². The molecule has 2 aliphatic rings. The number of nitrogens with zero attached hydrogens (tertiary/aromatic N) is 2. The summed E-state index contributed by atoms with van der Waals surface area (Å²) in [5.41, 5.74) is 0. The number of aromatic nitrogens is 1. The lowest BCUT2D eigenvalue weighted by atomic mass is 9.99. The van der Waals surface area contributed by atoms with Gasteiger partial charge < -0.3 is 14.2 Å². The Hall–Kier alpha value is -2.03. The Kier molecular flexibility index (Phi) is 5.61. The van der Waals surface area contributed by atoms with Crippen LogP contribution < -0.4 is 14.2 Å². The van der Waals surface area contributed by atoms with Crippen molar-refractivity contribution in [2.45, 2.75) is 17.7 Å². The second kappa shape index (κ2) is 8.14. The molecule has 1 saturated heterocycles. The van der Waals surface area contributed by atoms with Crippen molar-refractivity contribution in [2.24, 2.45) is 5.92 Å². The molecule has 0 N–H and O–H groups in total. The van der Waals surface area contributed by atoms with Gasteiger partial charge in [-0.3, -0.25) is 4.98 Å².